The van der Waals surface area contributed by atoms with Crippen molar-refractivity contribution in [2.45, 2.75) is 31.5 Å². The van der Waals surface area contributed by atoms with Gasteiger partial charge in [-0.15, -0.1) is 0 Å². The third-order valence-electron chi connectivity index (χ3n) is 3.94. The summed E-state index contributed by atoms with van der Waals surface area (Å²) in [6, 6.07) is 2.51. The lowest BCUT2D eigenvalue weighted by molar-refractivity contribution is -0.185. The molecule has 0 aromatic carbocycles. The minimum atomic E-state index is -4.08. The molecule has 2 rings (SSSR count). The fraction of sp³-hybridized carbons (Fsp3) is 0.643. The Kier molecular flexibility index (Phi) is 5.16. The molecule has 2 N–H and O–H groups in total. The number of pyridine rings is 1. The van der Waals surface area contributed by atoms with Crippen molar-refractivity contribution in [2.24, 2.45) is 11.7 Å². The van der Waals surface area contributed by atoms with Gasteiger partial charge in [0.05, 0.1) is 17.8 Å². The molecule has 0 saturated carbocycles. The highest BCUT2D eigenvalue weighted by Crippen LogP contribution is 2.34. The van der Waals surface area contributed by atoms with Crippen molar-refractivity contribution in [2.75, 3.05) is 19.6 Å². The highest BCUT2D eigenvalue weighted by atomic mass is 19.4. The Balaban J connectivity index is 1.76. The minimum absolute atomic E-state index is 0.146. The molecule has 1 atom stereocenters. The minimum Gasteiger partial charge on any atom is -0.323 e. The molecule has 0 radical (unpaired) electrons. The van der Waals surface area contributed by atoms with E-state index in [4.69, 9.17) is 5.73 Å². The van der Waals surface area contributed by atoms with E-state index in [0.29, 0.717) is 31.7 Å². The van der Waals surface area contributed by atoms with Crippen LogP contribution in [0.3, 0.4) is 0 Å². The molecule has 0 aliphatic carbocycles. The SMILES string of the molecule is NC(CCN1CCC(C(F)(F)F)CC1)c1ccc(F)cn1. The number of nitrogens with zero attached hydrogens (tertiary/aromatic N) is 2. The van der Waals surface area contributed by atoms with Crippen LogP contribution in [0.1, 0.15) is 31.0 Å². The van der Waals surface area contributed by atoms with Crippen LogP contribution in [0.4, 0.5) is 17.6 Å². The zero-order chi connectivity index (χ0) is 15.5. The van der Waals surface area contributed by atoms with Crippen LogP contribution in [0.2, 0.25) is 0 Å². The van der Waals surface area contributed by atoms with Gasteiger partial charge in [-0.1, -0.05) is 0 Å². The number of alkyl halides is 3. The number of likely N-dealkylation sites (tertiary alicyclic amines) is 1. The number of piperidine rings is 1. The Bertz CT molecular complexity index is 439. The van der Waals surface area contributed by atoms with E-state index in [2.05, 4.69) is 4.98 Å². The molecule has 21 heavy (non-hydrogen) atoms. The molecule has 1 aliphatic rings. The quantitative estimate of drug-likeness (QED) is 0.870. The molecule has 118 valence electrons. The van der Waals surface area contributed by atoms with Crippen molar-refractivity contribution in [1.82, 2.24) is 9.88 Å². The van der Waals surface area contributed by atoms with E-state index in [1.807, 2.05) is 4.90 Å². The third-order valence-corrected chi connectivity index (χ3v) is 3.94. The summed E-state index contributed by atoms with van der Waals surface area (Å²) in [5.74, 6) is -1.60. The zero-order valence-electron chi connectivity index (χ0n) is 11.6. The summed E-state index contributed by atoms with van der Waals surface area (Å²) in [6.07, 6.45) is -2.08. The van der Waals surface area contributed by atoms with Crippen LogP contribution >= 0.6 is 0 Å². The molecule has 1 aromatic heterocycles. The van der Waals surface area contributed by atoms with Gasteiger partial charge in [-0.05, 0) is 51.0 Å². The van der Waals surface area contributed by atoms with Crippen molar-refractivity contribution in [3.63, 3.8) is 0 Å². The van der Waals surface area contributed by atoms with E-state index in [0.717, 1.165) is 6.20 Å². The summed E-state index contributed by atoms with van der Waals surface area (Å²) < 4.78 is 50.4. The predicted octanol–water partition coefficient (Wildman–Crippen LogP) is 2.88. The molecule has 0 spiro atoms. The molecule has 0 bridgehead atoms. The molecule has 2 heterocycles. The van der Waals surface area contributed by atoms with Crippen LogP contribution in [0.5, 0.6) is 0 Å². The number of hydrogen-bond acceptors (Lipinski definition) is 3. The van der Waals surface area contributed by atoms with E-state index >= 15 is 0 Å². The standard InChI is InChI=1S/C14H19F4N3/c15-11-1-2-13(20-9-11)12(19)5-8-21-6-3-10(4-7-21)14(16,17)18/h1-2,9-10,12H,3-8,19H2. The maximum absolute atomic E-state index is 12.8. The average Bonchev–Trinajstić information content (AvgIpc) is 2.45. The summed E-state index contributed by atoms with van der Waals surface area (Å²) in [6.45, 7) is 1.51. The van der Waals surface area contributed by atoms with Crippen LogP contribution in [0.15, 0.2) is 18.3 Å². The second-order valence-electron chi connectivity index (χ2n) is 5.45. The molecule has 3 nitrogen and oxygen atoms in total. The molecule has 0 amide bonds. The maximum atomic E-state index is 12.8. The molecule has 7 heteroatoms. The summed E-state index contributed by atoms with van der Waals surface area (Å²) in [7, 11) is 0. The molecule has 1 unspecified atom stereocenters. The number of hydrogen-bond donors (Lipinski definition) is 1. The first kappa shape index (κ1) is 16.2. The molecular weight excluding hydrogens is 286 g/mol. The predicted molar refractivity (Wildman–Crippen MR) is 71.0 cm³/mol. The van der Waals surface area contributed by atoms with Gasteiger partial charge >= 0.3 is 6.18 Å². The van der Waals surface area contributed by atoms with E-state index < -0.39 is 17.9 Å². The average molecular weight is 305 g/mol. The first-order chi connectivity index (χ1) is 9.86. The third kappa shape index (κ3) is 4.64. The van der Waals surface area contributed by atoms with Crippen molar-refractivity contribution < 1.29 is 17.6 Å². The first-order valence-corrected chi connectivity index (χ1v) is 7.02. The zero-order valence-corrected chi connectivity index (χ0v) is 11.6. The van der Waals surface area contributed by atoms with Crippen LogP contribution in [-0.2, 0) is 0 Å². The fourth-order valence-corrected chi connectivity index (χ4v) is 2.56. The van der Waals surface area contributed by atoms with E-state index in [1.54, 1.807) is 0 Å². The monoisotopic (exact) mass is 305 g/mol. The summed E-state index contributed by atoms with van der Waals surface area (Å²) >= 11 is 0. The summed E-state index contributed by atoms with van der Waals surface area (Å²) in [5, 5.41) is 0. The van der Waals surface area contributed by atoms with Gasteiger partial charge in [0, 0.05) is 6.04 Å². The van der Waals surface area contributed by atoms with Crippen molar-refractivity contribution in [3.8, 4) is 0 Å². The highest BCUT2D eigenvalue weighted by Gasteiger charge is 2.40. The molecule has 1 fully saturated rings. The summed E-state index contributed by atoms with van der Waals surface area (Å²) in [4.78, 5) is 5.91. The van der Waals surface area contributed by atoms with E-state index in [9.17, 15) is 17.6 Å². The van der Waals surface area contributed by atoms with Crippen molar-refractivity contribution in [3.05, 3.63) is 29.8 Å². The van der Waals surface area contributed by atoms with E-state index in [-0.39, 0.29) is 18.9 Å². The second-order valence-corrected chi connectivity index (χ2v) is 5.45. The molecule has 1 aliphatic heterocycles. The Labute approximate surface area is 121 Å². The number of nitrogens with two attached hydrogens (primary N) is 1. The van der Waals surface area contributed by atoms with Crippen LogP contribution in [-0.4, -0.2) is 35.7 Å². The van der Waals surface area contributed by atoms with Crippen molar-refractivity contribution in [1.29, 1.82) is 0 Å². The van der Waals surface area contributed by atoms with Gasteiger partial charge in [-0.25, -0.2) is 4.39 Å². The summed E-state index contributed by atoms with van der Waals surface area (Å²) in [5.41, 5.74) is 6.57. The Hall–Kier alpha value is -1.21. The fourth-order valence-electron chi connectivity index (χ4n) is 2.56. The smallest absolute Gasteiger partial charge is 0.323 e. The normalized spacial score (nSPS) is 19.7. The lowest BCUT2D eigenvalue weighted by Crippen LogP contribution is -2.40. The topological polar surface area (TPSA) is 42.1 Å². The van der Waals surface area contributed by atoms with Gasteiger partial charge < -0.3 is 10.6 Å². The first-order valence-electron chi connectivity index (χ1n) is 7.02. The van der Waals surface area contributed by atoms with Gasteiger partial charge in [-0.2, -0.15) is 13.2 Å². The van der Waals surface area contributed by atoms with Gasteiger partial charge in [0.25, 0.3) is 0 Å². The van der Waals surface area contributed by atoms with Gasteiger partial charge in [0.2, 0.25) is 0 Å². The second kappa shape index (κ2) is 6.70. The van der Waals surface area contributed by atoms with Gasteiger partial charge in [-0.3, -0.25) is 4.98 Å². The number of aromatic nitrogens is 1. The van der Waals surface area contributed by atoms with Gasteiger partial charge in [0.15, 0.2) is 0 Å². The largest absolute Gasteiger partial charge is 0.391 e. The van der Waals surface area contributed by atoms with E-state index in [1.165, 1.54) is 12.1 Å². The Morgan fingerprint density at radius 2 is 1.95 bits per heavy atom. The van der Waals surface area contributed by atoms with Gasteiger partial charge in [0.1, 0.15) is 5.82 Å². The lowest BCUT2D eigenvalue weighted by Gasteiger charge is -2.33. The molecule has 1 saturated heterocycles. The maximum Gasteiger partial charge on any atom is 0.391 e. The Morgan fingerprint density at radius 3 is 2.48 bits per heavy atom. The highest BCUT2D eigenvalue weighted by molar-refractivity contribution is 5.09. The number of rotatable bonds is 4. The Morgan fingerprint density at radius 1 is 1.29 bits per heavy atom. The van der Waals surface area contributed by atoms with Crippen LogP contribution < -0.4 is 5.73 Å². The van der Waals surface area contributed by atoms with Crippen LogP contribution in [0, 0.1) is 11.7 Å². The number of halogens is 4. The van der Waals surface area contributed by atoms with Crippen molar-refractivity contribution >= 4 is 0 Å². The van der Waals surface area contributed by atoms with Crippen LogP contribution in [0.25, 0.3) is 0 Å². The molecule has 1 aromatic rings. The lowest BCUT2D eigenvalue weighted by atomic mass is 9.96. The molecular formula is C14H19F4N3.